The Morgan fingerprint density at radius 3 is 2.68 bits per heavy atom. The second kappa shape index (κ2) is 5.75. The molecule has 0 saturated heterocycles. The second-order valence-electron chi connectivity index (χ2n) is 4.08. The SMILES string of the molecule is CNCc1ccc(Oc2cccc(F)c2F)nc1C. The number of aryl methyl sites for hydroxylation is 1. The van der Waals surface area contributed by atoms with Crippen LogP contribution in [0.4, 0.5) is 8.78 Å². The molecule has 0 aliphatic carbocycles. The molecule has 2 aromatic rings. The van der Waals surface area contributed by atoms with Gasteiger partial charge in [-0.3, -0.25) is 0 Å². The smallest absolute Gasteiger partial charge is 0.219 e. The van der Waals surface area contributed by atoms with Crippen molar-refractivity contribution in [2.24, 2.45) is 0 Å². The number of hydrogen-bond donors (Lipinski definition) is 1. The average Bonchev–Trinajstić information content (AvgIpc) is 2.38. The fourth-order valence-corrected chi connectivity index (χ4v) is 1.68. The summed E-state index contributed by atoms with van der Waals surface area (Å²) < 4.78 is 31.7. The molecule has 0 spiro atoms. The van der Waals surface area contributed by atoms with Gasteiger partial charge in [-0.15, -0.1) is 0 Å². The molecule has 0 amide bonds. The number of nitrogens with zero attached hydrogens (tertiary/aromatic N) is 1. The first-order chi connectivity index (χ1) is 9.11. The Morgan fingerprint density at radius 2 is 2.00 bits per heavy atom. The number of halogens is 2. The van der Waals surface area contributed by atoms with Crippen LogP contribution in [0.5, 0.6) is 11.6 Å². The Kier molecular flexibility index (Phi) is 4.06. The predicted octanol–water partition coefficient (Wildman–Crippen LogP) is 3.18. The van der Waals surface area contributed by atoms with Crippen molar-refractivity contribution in [3.8, 4) is 11.6 Å². The van der Waals surface area contributed by atoms with Gasteiger partial charge < -0.3 is 10.1 Å². The van der Waals surface area contributed by atoms with Crippen LogP contribution in [-0.2, 0) is 6.54 Å². The molecule has 3 nitrogen and oxygen atoms in total. The van der Waals surface area contributed by atoms with E-state index in [2.05, 4.69) is 10.3 Å². The van der Waals surface area contributed by atoms with Crippen molar-refractivity contribution >= 4 is 0 Å². The number of aromatic nitrogens is 1. The lowest BCUT2D eigenvalue weighted by Gasteiger charge is -2.09. The summed E-state index contributed by atoms with van der Waals surface area (Å²) in [6, 6.07) is 7.25. The minimum absolute atomic E-state index is 0.173. The number of benzene rings is 1. The summed E-state index contributed by atoms with van der Waals surface area (Å²) in [7, 11) is 1.84. The molecule has 1 N–H and O–H groups in total. The van der Waals surface area contributed by atoms with Crippen molar-refractivity contribution in [3.63, 3.8) is 0 Å². The van der Waals surface area contributed by atoms with Crippen LogP contribution >= 0.6 is 0 Å². The van der Waals surface area contributed by atoms with E-state index in [1.807, 2.05) is 20.0 Å². The average molecular weight is 264 g/mol. The molecule has 0 fully saturated rings. The molecule has 0 unspecified atom stereocenters. The lowest BCUT2D eigenvalue weighted by atomic mass is 10.2. The fourth-order valence-electron chi connectivity index (χ4n) is 1.68. The van der Waals surface area contributed by atoms with E-state index < -0.39 is 11.6 Å². The van der Waals surface area contributed by atoms with Gasteiger partial charge in [-0.05, 0) is 31.7 Å². The molecule has 0 bridgehead atoms. The van der Waals surface area contributed by atoms with E-state index in [1.165, 1.54) is 12.1 Å². The second-order valence-corrected chi connectivity index (χ2v) is 4.08. The largest absolute Gasteiger partial charge is 0.436 e. The lowest BCUT2D eigenvalue weighted by Crippen LogP contribution is -2.07. The summed E-state index contributed by atoms with van der Waals surface area (Å²) in [5.74, 6) is -1.89. The quantitative estimate of drug-likeness (QED) is 0.921. The zero-order chi connectivity index (χ0) is 13.8. The van der Waals surface area contributed by atoms with Crippen LogP contribution in [-0.4, -0.2) is 12.0 Å². The molecule has 0 aliphatic rings. The van der Waals surface area contributed by atoms with Crippen molar-refractivity contribution in [1.82, 2.24) is 10.3 Å². The molecule has 5 heteroatoms. The van der Waals surface area contributed by atoms with Crippen LogP contribution in [0, 0.1) is 18.6 Å². The molecule has 0 radical (unpaired) electrons. The van der Waals surface area contributed by atoms with Gasteiger partial charge >= 0.3 is 0 Å². The van der Waals surface area contributed by atoms with E-state index in [4.69, 9.17) is 4.74 Å². The Balaban J connectivity index is 2.24. The molecule has 0 atom stereocenters. The highest BCUT2D eigenvalue weighted by Crippen LogP contribution is 2.25. The van der Waals surface area contributed by atoms with Gasteiger partial charge in [0, 0.05) is 18.3 Å². The standard InChI is InChI=1S/C14H14F2N2O/c1-9-10(8-17-2)6-7-13(18-9)19-12-5-3-4-11(15)14(12)16/h3-7,17H,8H2,1-2H3. The van der Waals surface area contributed by atoms with Crippen molar-refractivity contribution < 1.29 is 13.5 Å². The Hall–Kier alpha value is -2.01. The van der Waals surface area contributed by atoms with Gasteiger partial charge in [0.25, 0.3) is 0 Å². The molecule has 2 rings (SSSR count). The maximum absolute atomic E-state index is 13.5. The molecule has 1 aromatic heterocycles. The molecule has 0 aliphatic heterocycles. The van der Waals surface area contributed by atoms with E-state index in [9.17, 15) is 8.78 Å². The molecule has 1 aromatic carbocycles. The highest BCUT2D eigenvalue weighted by Gasteiger charge is 2.10. The van der Waals surface area contributed by atoms with Gasteiger partial charge in [-0.1, -0.05) is 12.1 Å². The van der Waals surface area contributed by atoms with Gasteiger partial charge in [-0.2, -0.15) is 4.39 Å². The fraction of sp³-hybridized carbons (Fsp3) is 0.214. The lowest BCUT2D eigenvalue weighted by molar-refractivity contribution is 0.404. The summed E-state index contributed by atoms with van der Waals surface area (Å²) in [6.45, 7) is 2.52. The molecule has 19 heavy (non-hydrogen) atoms. The van der Waals surface area contributed by atoms with E-state index in [-0.39, 0.29) is 11.6 Å². The Bertz CT molecular complexity index is 588. The first-order valence-electron chi connectivity index (χ1n) is 5.85. The third-order valence-electron chi connectivity index (χ3n) is 2.67. The summed E-state index contributed by atoms with van der Waals surface area (Å²) in [4.78, 5) is 4.21. The number of nitrogens with one attached hydrogen (secondary N) is 1. The van der Waals surface area contributed by atoms with Crippen molar-refractivity contribution in [2.75, 3.05) is 7.05 Å². The molecular formula is C14H14F2N2O. The maximum Gasteiger partial charge on any atom is 0.219 e. The van der Waals surface area contributed by atoms with Gasteiger partial charge in [-0.25, -0.2) is 9.37 Å². The van der Waals surface area contributed by atoms with E-state index >= 15 is 0 Å². The number of hydrogen-bond acceptors (Lipinski definition) is 3. The van der Waals surface area contributed by atoms with E-state index in [1.54, 1.807) is 6.07 Å². The van der Waals surface area contributed by atoms with Crippen LogP contribution < -0.4 is 10.1 Å². The van der Waals surface area contributed by atoms with Crippen molar-refractivity contribution in [1.29, 1.82) is 0 Å². The number of rotatable bonds is 4. The summed E-state index contributed by atoms with van der Waals surface area (Å²) in [5, 5.41) is 3.02. The third kappa shape index (κ3) is 3.06. The number of ether oxygens (including phenoxy) is 1. The summed E-state index contributed by atoms with van der Waals surface area (Å²) in [5.41, 5.74) is 1.80. The zero-order valence-electron chi connectivity index (χ0n) is 10.7. The third-order valence-corrected chi connectivity index (χ3v) is 2.67. The highest BCUT2D eigenvalue weighted by atomic mass is 19.2. The minimum atomic E-state index is -1.01. The van der Waals surface area contributed by atoms with Crippen LogP contribution in [0.1, 0.15) is 11.3 Å². The normalized spacial score (nSPS) is 10.5. The van der Waals surface area contributed by atoms with Gasteiger partial charge in [0.15, 0.2) is 11.6 Å². The zero-order valence-corrected chi connectivity index (χ0v) is 10.7. The first kappa shape index (κ1) is 13.4. The maximum atomic E-state index is 13.5. The van der Waals surface area contributed by atoms with Crippen LogP contribution in [0.3, 0.4) is 0 Å². The topological polar surface area (TPSA) is 34.1 Å². The monoisotopic (exact) mass is 264 g/mol. The Labute approximate surface area is 110 Å². The molecule has 100 valence electrons. The van der Waals surface area contributed by atoms with Crippen molar-refractivity contribution in [3.05, 3.63) is 53.2 Å². The summed E-state index contributed by atoms with van der Waals surface area (Å²) in [6.07, 6.45) is 0. The minimum Gasteiger partial charge on any atom is -0.436 e. The van der Waals surface area contributed by atoms with Crippen LogP contribution in [0.25, 0.3) is 0 Å². The van der Waals surface area contributed by atoms with Crippen LogP contribution in [0.2, 0.25) is 0 Å². The Morgan fingerprint density at radius 1 is 1.21 bits per heavy atom. The molecule has 1 heterocycles. The number of pyridine rings is 1. The highest BCUT2D eigenvalue weighted by molar-refractivity contribution is 5.31. The van der Waals surface area contributed by atoms with Gasteiger partial charge in [0.2, 0.25) is 11.7 Å². The van der Waals surface area contributed by atoms with Crippen molar-refractivity contribution in [2.45, 2.75) is 13.5 Å². The molecular weight excluding hydrogens is 250 g/mol. The van der Waals surface area contributed by atoms with Gasteiger partial charge in [0.05, 0.1) is 0 Å². The van der Waals surface area contributed by atoms with E-state index in [0.717, 1.165) is 17.3 Å². The van der Waals surface area contributed by atoms with E-state index in [0.29, 0.717) is 6.54 Å². The predicted molar refractivity (Wildman–Crippen MR) is 68.2 cm³/mol. The first-order valence-corrected chi connectivity index (χ1v) is 5.85. The molecule has 0 saturated carbocycles. The van der Waals surface area contributed by atoms with Gasteiger partial charge in [0.1, 0.15) is 0 Å². The summed E-state index contributed by atoms with van der Waals surface area (Å²) >= 11 is 0. The van der Waals surface area contributed by atoms with Crippen LogP contribution in [0.15, 0.2) is 30.3 Å².